The number of benzene rings is 2. The fourth-order valence-electron chi connectivity index (χ4n) is 2.13. The van der Waals surface area contributed by atoms with Crippen molar-refractivity contribution in [3.63, 3.8) is 0 Å². The maximum Gasteiger partial charge on any atom is 0.282 e. The minimum absolute atomic E-state index is 0.380. The van der Waals surface area contributed by atoms with E-state index < -0.39 is 11.8 Å². The van der Waals surface area contributed by atoms with Crippen molar-refractivity contribution in [1.82, 2.24) is 5.01 Å². The van der Waals surface area contributed by atoms with E-state index in [1.165, 1.54) is 6.21 Å². The highest BCUT2D eigenvalue weighted by Crippen LogP contribution is 2.22. The van der Waals surface area contributed by atoms with Crippen LogP contribution in [0.15, 0.2) is 53.6 Å². The summed E-state index contributed by atoms with van der Waals surface area (Å²) in [5.41, 5.74) is 1.50. The number of amides is 2. The van der Waals surface area contributed by atoms with E-state index >= 15 is 0 Å². The lowest BCUT2D eigenvalue weighted by Gasteiger charge is -2.05. The van der Waals surface area contributed by atoms with Gasteiger partial charge in [0.05, 0.1) is 24.5 Å². The molecule has 0 aliphatic carbocycles. The number of carbonyl (C=O) groups excluding carboxylic acids is 2. The topological polar surface area (TPSA) is 59.0 Å². The predicted octanol–water partition coefficient (Wildman–Crippen LogP) is 2.33. The Morgan fingerprint density at radius 1 is 1.00 bits per heavy atom. The molecule has 0 spiro atoms. The molecule has 0 unspecified atom stereocenters. The van der Waals surface area contributed by atoms with Gasteiger partial charge >= 0.3 is 0 Å². The van der Waals surface area contributed by atoms with Gasteiger partial charge in [-0.05, 0) is 29.8 Å². The second kappa shape index (κ2) is 5.20. The molecule has 0 radical (unpaired) electrons. The molecule has 0 saturated carbocycles. The number of carbonyl (C=O) groups is 2. The normalized spacial score (nSPS) is 13.9. The molecule has 0 aromatic heterocycles. The van der Waals surface area contributed by atoms with Gasteiger partial charge in [0.1, 0.15) is 5.75 Å². The molecule has 0 fully saturated rings. The summed E-state index contributed by atoms with van der Waals surface area (Å²) in [6, 6.07) is 13.9. The van der Waals surface area contributed by atoms with Crippen molar-refractivity contribution < 1.29 is 14.3 Å². The summed E-state index contributed by atoms with van der Waals surface area (Å²) in [4.78, 5) is 24.2. The van der Waals surface area contributed by atoms with E-state index in [1.54, 1.807) is 43.5 Å². The monoisotopic (exact) mass is 280 g/mol. The molecule has 1 aliphatic rings. The molecule has 5 heteroatoms. The molecule has 2 amide bonds. The summed E-state index contributed by atoms with van der Waals surface area (Å²) in [5.74, 6) is -0.134. The first kappa shape index (κ1) is 13.1. The second-order valence-corrected chi connectivity index (χ2v) is 4.49. The zero-order valence-electron chi connectivity index (χ0n) is 11.3. The minimum atomic E-state index is -0.408. The first-order valence-electron chi connectivity index (χ1n) is 6.36. The smallest absolute Gasteiger partial charge is 0.282 e. The lowest BCUT2D eigenvalue weighted by molar-refractivity contribution is 0.0660. The van der Waals surface area contributed by atoms with E-state index in [0.29, 0.717) is 16.9 Å². The number of rotatable bonds is 3. The van der Waals surface area contributed by atoms with Gasteiger partial charge in [0, 0.05) is 0 Å². The highest BCUT2D eigenvalue weighted by Gasteiger charge is 2.35. The molecule has 1 aliphatic heterocycles. The van der Waals surface area contributed by atoms with Crippen LogP contribution in [0.5, 0.6) is 5.75 Å². The molecule has 0 atom stereocenters. The minimum Gasteiger partial charge on any atom is -0.497 e. The van der Waals surface area contributed by atoms with Gasteiger partial charge in [-0.1, -0.05) is 24.3 Å². The molecule has 0 bridgehead atoms. The van der Waals surface area contributed by atoms with Crippen molar-refractivity contribution in [2.24, 2.45) is 5.10 Å². The van der Waals surface area contributed by atoms with Crippen molar-refractivity contribution in [2.75, 3.05) is 7.11 Å². The third-order valence-corrected chi connectivity index (χ3v) is 3.19. The lowest BCUT2D eigenvalue weighted by Crippen LogP contribution is -2.23. The summed E-state index contributed by atoms with van der Waals surface area (Å²) in [5, 5.41) is 4.88. The Morgan fingerprint density at radius 3 is 2.29 bits per heavy atom. The van der Waals surface area contributed by atoms with Crippen LogP contribution >= 0.6 is 0 Å². The van der Waals surface area contributed by atoms with Crippen LogP contribution in [-0.4, -0.2) is 30.1 Å². The summed E-state index contributed by atoms with van der Waals surface area (Å²) in [6.45, 7) is 0. The predicted molar refractivity (Wildman–Crippen MR) is 77.5 cm³/mol. The number of imide groups is 1. The zero-order valence-corrected chi connectivity index (χ0v) is 11.3. The van der Waals surface area contributed by atoms with Crippen molar-refractivity contribution in [1.29, 1.82) is 0 Å². The van der Waals surface area contributed by atoms with Gasteiger partial charge in [-0.2, -0.15) is 10.1 Å². The van der Waals surface area contributed by atoms with Crippen molar-refractivity contribution in [3.8, 4) is 5.75 Å². The standard InChI is InChI=1S/C16H12N2O3/c1-21-12-6-4-5-11(9-12)10-17-18-15(19)13-7-2-3-8-14(13)16(18)20/h2-10H,1H3/b17-10+. The molecule has 0 N–H and O–H groups in total. The van der Waals surface area contributed by atoms with Crippen LogP contribution in [0, 0.1) is 0 Å². The number of hydrogen-bond acceptors (Lipinski definition) is 4. The van der Waals surface area contributed by atoms with Crippen LogP contribution in [0.25, 0.3) is 0 Å². The Hall–Kier alpha value is -2.95. The summed E-state index contributed by atoms with van der Waals surface area (Å²) < 4.78 is 5.11. The fraction of sp³-hybridized carbons (Fsp3) is 0.0625. The third kappa shape index (κ3) is 2.29. The number of hydrazone groups is 1. The van der Waals surface area contributed by atoms with Gasteiger partial charge in [0.2, 0.25) is 0 Å². The first-order valence-corrected chi connectivity index (χ1v) is 6.36. The molecule has 1 heterocycles. The molecular formula is C16H12N2O3. The number of nitrogens with zero attached hydrogens (tertiary/aromatic N) is 2. The van der Waals surface area contributed by atoms with E-state index in [2.05, 4.69) is 5.10 Å². The molecule has 5 nitrogen and oxygen atoms in total. The van der Waals surface area contributed by atoms with Crippen LogP contribution in [-0.2, 0) is 0 Å². The molecule has 2 aromatic rings. The van der Waals surface area contributed by atoms with E-state index in [0.717, 1.165) is 10.6 Å². The van der Waals surface area contributed by atoms with E-state index in [1.807, 2.05) is 12.1 Å². The van der Waals surface area contributed by atoms with Crippen LogP contribution in [0.2, 0.25) is 0 Å². The number of fused-ring (bicyclic) bond motifs is 1. The fourth-order valence-corrected chi connectivity index (χ4v) is 2.13. The van der Waals surface area contributed by atoms with Gasteiger partial charge in [-0.3, -0.25) is 9.59 Å². The summed E-state index contributed by atoms with van der Waals surface area (Å²) in [7, 11) is 1.57. The maximum atomic E-state index is 12.1. The van der Waals surface area contributed by atoms with Crippen LogP contribution < -0.4 is 4.74 Å². The number of methoxy groups -OCH3 is 1. The first-order chi connectivity index (χ1) is 10.2. The van der Waals surface area contributed by atoms with E-state index in [4.69, 9.17) is 4.74 Å². The van der Waals surface area contributed by atoms with Gasteiger partial charge in [-0.25, -0.2) is 0 Å². The van der Waals surface area contributed by atoms with Gasteiger partial charge in [0.15, 0.2) is 0 Å². The molecule has 104 valence electrons. The van der Waals surface area contributed by atoms with Gasteiger partial charge in [-0.15, -0.1) is 0 Å². The average molecular weight is 280 g/mol. The highest BCUT2D eigenvalue weighted by atomic mass is 16.5. The zero-order chi connectivity index (χ0) is 14.8. The second-order valence-electron chi connectivity index (χ2n) is 4.49. The Kier molecular flexibility index (Phi) is 3.23. The van der Waals surface area contributed by atoms with Crippen LogP contribution in [0.1, 0.15) is 26.3 Å². The van der Waals surface area contributed by atoms with Gasteiger partial charge in [0.25, 0.3) is 11.8 Å². The molecule has 21 heavy (non-hydrogen) atoms. The summed E-state index contributed by atoms with van der Waals surface area (Å²) in [6.07, 6.45) is 1.46. The third-order valence-electron chi connectivity index (χ3n) is 3.19. The van der Waals surface area contributed by atoms with Gasteiger partial charge < -0.3 is 4.74 Å². The van der Waals surface area contributed by atoms with Crippen LogP contribution in [0.3, 0.4) is 0 Å². The quantitative estimate of drug-likeness (QED) is 0.640. The highest BCUT2D eigenvalue weighted by molar-refractivity contribution is 6.21. The van der Waals surface area contributed by atoms with Crippen molar-refractivity contribution >= 4 is 18.0 Å². The van der Waals surface area contributed by atoms with Crippen molar-refractivity contribution in [2.45, 2.75) is 0 Å². The Balaban J connectivity index is 1.88. The van der Waals surface area contributed by atoms with Crippen LogP contribution in [0.4, 0.5) is 0 Å². The molecule has 2 aromatic carbocycles. The lowest BCUT2D eigenvalue weighted by atomic mass is 10.1. The van der Waals surface area contributed by atoms with E-state index in [-0.39, 0.29) is 0 Å². The van der Waals surface area contributed by atoms with Crippen molar-refractivity contribution in [3.05, 3.63) is 65.2 Å². The average Bonchev–Trinajstić information content (AvgIpc) is 2.78. The molecular weight excluding hydrogens is 268 g/mol. The Bertz CT molecular complexity index is 718. The number of hydrogen-bond donors (Lipinski definition) is 0. The SMILES string of the molecule is COc1cccc(/C=N/N2C(=O)c3ccccc3C2=O)c1. The molecule has 0 saturated heterocycles. The number of ether oxygens (including phenoxy) is 1. The largest absolute Gasteiger partial charge is 0.497 e. The molecule has 3 rings (SSSR count). The summed E-state index contributed by atoms with van der Waals surface area (Å²) >= 11 is 0. The Morgan fingerprint density at radius 2 is 1.67 bits per heavy atom. The maximum absolute atomic E-state index is 12.1. The Labute approximate surface area is 121 Å². The van der Waals surface area contributed by atoms with E-state index in [9.17, 15) is 9.59 Å².